The van der Waals surface area contributed by atoms with Crippen molar-refractivity contribution in [2.45, 2.75) is 140 Å². The number of carbonyl (C=O) groups excluding carboxylic acids is 6. The molecule has 1 aromatic carbocycles. The summed E-state index contributed by atoms with van der Waals surface area (Å²) in [6.07, 6.45) is -11.3. The Balaban J connectivity index is 1.59. The van der Waals surface area contributed by atoms with Gasteiger partial charge in [0.1, 0.15) is 43.2 Å². The SMILES string of the molecule is COC(=O)[C@@]1(OC[C@H]2O[C@@H]3OC(C)(C)O[C@@H]3[C@H]3OC(C)(C)O[C@H]32)C[C@H](OC(=O)c2ccccc2)[C@@H](NC(C)=O)[C@H]([C@H](OC(C)=O)[C@@H](COC(C)=O)OC(C)=O)O1. The van der Waals surface area contributed by atoms with Crippen LogP contribution in [0, 0.1) is 0 Å². The molecule has 1 aromatic rings. The molecule has 0 spiro atoms. The molecule has 1 amide bonds. The number of ether oxygens (including phenoxy) is 12. The number of nitrogens with one attached hydrogen (secondary N) is 1. The molecule has 0 unspecified atom stereocenters. The molecule has 4 aliphatic rings. The van der Waals surface area contributed by atoms with E-state index < -0.39 is 134 Å². The van der Waals surface area contributed by atoms with Gasteiger partial charge in [0, 0.05) is 27.7 Å². The number of carbonyl (C=O) groups is 6. The molecular formula is C37H49NO18. The van der Waals surface area contributed by atoms with Crippen LogP contribution in [0.4, 0.5) is 0 Å². The molecule has 310 valence electrons. The third kappa shape index (κ3) is 10.0. The van der Waals surface area contributed by atoms with E-state index in [0.717, 1.165) is 27.9 Å². The van der Waals surface area contributed by atoms with E-state index in [1.54, 1.807) is 45.9 Å². The zero-order chi connectivity index (χ0) is 41.2. The molecule has 56 heavy (non-hydrogen) atoms. The van der Waals surface area contributed by atoms with E-state index in [1.165, 1.54) is 19.1 Å². The van der Waals surface area contributed by atoms with Gasteiger partial charge in [0.25, 0.3) is 5.79 Å². The molecule has 19 heteroatoms. The Morgan fingerprint density at radius 1 is 0.804 bits per heavy atom. The Hall–Kier alpha value is -4.24. The Bertz CT molecular complexity index is 1630. The van der Waals surface area contributed by atoms with Crippen molar-refractivity contribution in [2.75, 3.05) is 20.3 Å². The first kappa shape index (κ1) is 42.9. The minimum Gasteiger partial charge on any atom is -0.465 e. The highest BCUT2D eigenvalue weighted by Gasteiger charge is 2.63. The molecule has 0 radical (unpaired) electrons. The molecule has 1 N–H and O–H groups in total. The summed E-state index contributed by atoms with van der Waals surface area (Å²) in [5.41, 5.74) is 0.116. The van der Waals surface area contributed by atoms with E-state index in [0.29, 0.717) is 0 Å². The van der Waals surface area contributed by atoms with Gasteiger partial charge in [-0.1, -0.05) is 18.2 Å². The van der Waals surface area contributed by atoms with Crippen molar-refractivity contribution in [1.29, 1.82) is 0 Å². The van der Waals surface area contributed by atoms with E-state index >= 15 is 0 Å². The number of benzene rings is 1. The van der Waals surface area contributed by atoms with E-state index in [1.807, 2.05) is 0 Å². The van der Waals surface area contributed by atoms with Crippen molar-refractivity contribution >= 4 is 35.8 Å². The highest BCUT2D eigenvalue weighted by atomic mass is 16.9. The van der Waals surface area contributed by atoms with Crippen LogP contribution < -0.4 is 5.32 Å². The van der Waals surface area contributed by atoms with Crippen molar-refractivity contribution in [3.63, 3.8) is 0 Å². The van der Waals surface area contributed by atoms with Gasteiger partial charge in [-0.25, -0.2) is 9.59 Å². The second-order valence-corrected chi connectivity index (χ2v) is 14.6. The van der Waals surface area contributed by atoms with Crippen LogP contribution >= 0.6 is 0 Å². The zero-order valence-corrected chi connectivity index (χ0v) is 32.6. The highest BCUT2D eigenvalue weighted by molar-refractivity contribution is 5.89. The van der Waals surface area contributed by atoms with Crippen molar-refractivity contribution < 1.29 is 85.6 Å². The van der Waals surface area contributed by atoms with Gasteiger partial charge in [-0.05, 0) is 39.8 Å². The van der Waals surface area contributed by atoms with E-state index in [4.69, 9.17) is 56.8 Å². The minimum absolute atomic E-state index is 0.116. The summed E-state index contributed by atoms with van der Waals surface area (Å²) in [6.45, 7) is 10.1. The Morgan fingerprint density at radius 3 is 2.04 bits per heavy atom. The van der Waals surface area contributed by atoms with E-state index in [2.05, 4.69) is 5.32 Å². The summed E-state index contributed by atoms with van der Waals surface area (Å²) in [7, 11) is 1.06. The number of amides is 1. The zero-order valence-electron chi connectivity index (χ0n) is 32.6. The van der Waals surface area contributed by atoms with Crippen LogP contribution in [0.2, 0.25) is 0 Å². The van der Waals surface area contributed by atoms with Crippen LogP contribution in [0.1, 0.15) is 72.2 Å². The lowest BCUT2D eigenvalue weighted by molar-refractivity contribution is -0.326. The van der Waals surface area contributed by atoms with Crippen molar-refractivity contribution in [3.8, 4) is 0 Å². The predicted molar refractivity (Wildman–Crippen MR) is 184 cm³/mol. The normalized spacial score (nSPS) is 32.4. The Morgan fingerprint density at radius 2 is 1.43 bits per heavy atom. The highest BCUT2D eigenvalue weighted by Crippen LogP contribution is 2.45. The second-order valence-electron chi connectivity index (χ2n) is 14.6. The van der Waals surface area contributed by atoms with Crippen LogP contribution in [-0.4, -0.2) is 135 Å². The summed E-state index contributed by atoms with van der Waals surface area (Å²) < 4.78 is 71.1. The maximum atomic E-state index is 14.0. The van der Waals surface area contributed by atoms with Gasteiger partial charge >= 0.3 is 29.8 Å². The van der Waals surface area contributed by atoms with Crippen LogP contribution in [0.15, 0.2) is 30.3 Å². The van der Waals surface area contributed by atoms with Crippen molar-refractivity contribution in [1.82, 2.24) is 5.32 Å². The van der Waals surface area contributed by atoms with Crippen LogP contribution in [0.3, 0.4) is 0 Å². The molecule has 0 aromatic heterocycles. The Kier molecular flexibility index (Phi) is 13.1. The standard InChI is InChI=1S/C37H49NO18/c1-18(39)38-26-23(50-32(43)22-13-11-10-12-14-22)15-37(34(44)45-9,55-29(26)27(49-21(4)42)24(48-20(3)41)16-46-19(2)40)47-17-25-28-30(53-35(5,6)52-28)31-33(51-25)56-36(7,8)54-31/h10-14,23-31,33H,15-17H2,1-9H3,(H,38,39)/t23-,24+,25+,26+,27+,28-,29+,30-,31+,33+,37+/m0/s1. The van der Waals surface area contributed by atoms with Crippen LogP contribution in [-0.2, 0) is 80.8 Å². The maximum Gasteiger partial charge on any atom is 0.366 e. The third-order valence-corrected chi connectivity index (χ3v) is 9.18. The molecule has 19 nitrogen and oxygen atoms in total. The summed E-state index contributed by atoms with van der Waals surface area (Å²) in [5.74, 6) is -9.85. The molecule has 11 atom stereocenters. The van der Waals surface area contributed by atoms with Gasteiger partial charge in [-0.15, -0.1) is 0 Å². The number of methoxy groups -OCH3 is 1. The number of hydrogen-bond donors (Lipinski definition) is 1. The monoisotopic (exact) mass is 795 g/mol. The molecule has 0 bridgehead atoms. The van der Waals surface area contributed by atoms with Crippen LogP contribution in [0.25, 0.3) is 0 Å². The third-order valence-electron chi connectivity index (χ3n) is 9.18. The molecule has 0 saturated carbocycles. The molecule has 5 rings (SSSR count). The number of rotatable bonds is 13. The number of hydrogen-bond acceptors (Lipinski definition) is 18. The first-order valence-corrected chi connectivity index (χ1v) is 18.0. The lowest BCUT2D eigenvalue weighted by Crippen LogP contribution is -2.69. The van der Waals surface area contributed by atoms with Gasteiger partial charge in [-0.3, -0.25) is 19.2 Å². The number of fused-ring (bicyclic) bond motifs is 3. The summed E-state index contributed by atoms with van der Waals surface area (Å²) in [6, 6.07) is 6.44. The second kappa shape index (κ2) is 17.1. The summed E-state index contributed by atoms with van der Waals surface area (Å²) >= 11 is 0. The van der Waals surface area contributed by atoms with Gasteiger partial charge in [0.2, 0.25) is 5.91 Å². The fourth-order valence-corrected chi connectivity index (χ4v) is 7.16. The number of esters is 5. The smallest absolute Gasteiger partial charge is 0.366 e. The average molecular weight is 796 g/mol. The van der Waals surface area contributed by atoms with Gasteiger partial charge < -0.3 is 62.2 Å². The fourth-order valence-electron chi connectivity index (χ4n) is 7.16. The van der Waals surface area contributed by atoms with Gasteiger partial charge in [0.05, 0.1) is 31.7 Å². The topological polar surface area (TPSA) is 225 Å². The lowest BCUT2D eigenvalue weighted by atomic mass is 9.87. The largest absolute Gasteiger partial charge is 0.465 e. The molecular weight excluding hydrogens is 746 g/mol. The summed E-state index contributed by atoms with van der Waals surface area (Å²) in [5, 5.41) is 2.66. The van der Waals surface area contributed by atoms with Gasteiger partial charge in [0.15, 0.2) is 30.1 Å². The maximum absolute atomic E-state index is 14.0. The quantitative estimate of drug-likeness (QED) is 0.219. The molecule has 4 saturated heterocycles. The average Bonchev–Trinajstić information content (AvgIpc) is 3.61. The fraction of sp³-hybridized carbons (Fsp3) is 0.676. The first-order chi connectivity index (χ1) is 26.2. The molecule has 4 heterocycles. The van der Waals surface area contributed by atoms with E-state index in [-0.39, 0.29) is 5.56 Å². The van der Waals surface area contributed by atoms with Crippen molar-refractivity contribution in [3.05, 3.63) is 35.9 Å². The lowest BCUT2D eigenvalue weighted by Gasteiger charge is -2.49. The van der Waals surface area contributed by atoms with Crippen molar-refractivity contribution in [2.24, 2.45) is 0 Å². The molecule has 4 aliphatic heterocycles. The van der Waals surface area contributed by atoms with Gasteiger partial charge in [-0.2, -0.15) is 0 Å². The first-order valence-electron chi connectivity index (χ1n) is 18.0. The van der Waals surface area contributed by atoms with Crippen LogP contribution in [0.5, 0.6) is 0 Å². The molecule has 0 aliphatic carbocycles. The molecule has 4 fully saturated rings. The Labute approximate surface area is 323 Å². The minimum atomic E-state index is -2.51. The predicted octanol–water partition coefficient (Wildman–Crippen LogP) is 1.21. The summed E-state index contributed by atoms with van der Waals surface area (Å²) in [4.78, 5) is 77.4. The van der Waals surface area contributed by atoms with E-state index in [9.17, 15) is 28.8 Å².